The lowest BCUT2D eigenvalue weighted by atomic mass is 10.3. The van der Waals surface area contributed by atoms with E-state index in [1.54, 1.807) is 11.6 Å². The molecule has 0 unspecified atom stereocenters. The Morgan fingerprint density at radius 2 is 1.86 bits per heavy atom. The second-order valence-corrected chi connectivity index (χ2v) is 8.02. The molecule has 2 aromatic carbocycles. The molecule has 3 rings (SSSR count). The Labute approximate surface area is 138 Å². The van der Waals surface area contributed by atoms with Gasteiger partial charge in [0, 0.05) is 11.5 Å². The van der Waals surface area contributed by atoms with Crippen LogP contribution in [0.4, 0.5) is 4.39 Å². The first-order valence-electron chi connectivity index (χ1n) is 6.19. The summed E-state index contributed by atoms with van der Waals surface area (Å²) in [6, 6.07) is 10.3. The van der Waals surface area contributed by atoms with Gasteiger partial charge in [-0.1, -0.05) is 17.4 Å². The van der Waals surface area contributed by atoms with Crippen LogP contribution in [0.5, 0.6) is 0 Å². The van der Waals surface area contributed by atoms with Crippen LogP contribution >= 0.6 is 27.3 Å². The molecule has 0 aliphatic rings. The van der Waals surface area contributed by atoms with Crippen LogP contribution in [0.3, 0.4) is 0 Å². The Morgan fingerprint density at radius 1 is 1.18 bits per heavy atom. The minimum absolute atomic E-state index is 0.0366. The molecule has 3 aromatic rings. The molecule has 0 N–H and O–H groups in total. The van der Waals surface area contributed by atoms with Gasteiger partial charge in [0.15, 0.2) is 0 Å². The van der Waals surface area contributed by atoms with Crippen molar-refractivity contribution in [3.8, 4) is 0 Å². The number of halogens is 2. The Kier molecular flexibility index (Phi) is 3.92. The summed E-state index contributed by atoms with van der Waals surface area (Å²) in [5.74, 6) is -0.490. The maximum atomic E-state index is 12.9. The van der Waals surface area contributed by atoms with Crippen LogP contribution in [0, 0.1) is 5.82 Å². The first-order valence-corrected chi connectivity index (χ1v) is 9.24. The third kappa shape index (κ3) is 2.73. The predicted octanol–water partition coefficient (Wildman–Crippen LogP) is 3.43. The molecule has 0 spiro atoms. The van der Waals surface area contributed by atoms with Gasteiger partial charge in [0.2, 0.25) is 4.80 Å². The van der Waals surface area contributed by atoms with Crippen LogP contribution in [-0.2, 0) is 17.1 Å². The van der Waals surface area contributed by atoms with Crippen molar-refractivity contribution in [3.63, 3.8) is 0 Å². The molecule has 0 fully saturated rings. The molecule has 1 heterocycles. The maximum absolute atomic E-state index is 12.9. The topological polar surface area (TPSA) is 51.4 Å². The van der Waals surface area contributed by atoms with E-state index in [0.29, 0.717) is 4.80 Å². The summed E-state index contributed by atoms with van der Waals surface area (Å²) in [5, 5.41) is 0. The molecule has 8 heteroatoms. The van der Waals surface area contributed by atoms with E-state index in [1.807, 2.05) is 18.2 Å². The molecule has 0 saturated heterocycles. The molecule has 0 radical (unpaired) electrons. The summed E-state index contributed by atoms with van der Waals surface area (Å²) >= 11 is 4.72. The lowest BCUT2D eigenvalue weighted by molar-refractivity contribution is 0.595. The maximum Gasteiger partial charge on any atom is 0.285 e. The van der Waals surface area contributed by atoms with Crippen LogP contribution in [0.1, 0.15) is 0 Å². The largest absolute Gasteiger partial charge is 0.318 e. The van der Waals surface area contributed by atoms with E-state index in [-0.39, 0.29) is 4.90 Å². The summed E-state index contributed by atoms with van der Waals surface area (Å²) in [6.45, 7) is 0. The van der Waals surface area contributed by atoms with Crippen molar-refractivity contribution in [2.75, 3.05) is 0 Å². The van der Waals surface area contributed by atoms with Gasteiger partial charge in [-0.3, -0.25) is 0 Å². The number of sulfonamides is 1. The smallest absolute Gasteiger partial charge is 0.285 e. The number of hydrogen-bond donors (Lipinski definition) is 0. The minimum Gasteiger partial charge on any atom is -0.318 e. The van der Waals surface area contributed by atoms with E-state index in [0.717, 1.165) is 26.8 Å². The lowest BCUT2D eigenvalue weighted by Gasteiger charge is -1.99. The fourth-order valence-corrected chi connectivity index (χ4v) is 5.04. The highest BCUT2D eigenvalue weighted by molar-refractivity contribution is 9.10. The molecular formula is C14H10BrFN2O2S2. The van der Waals surface area contributed by atoms with E-state index in [2.05, 4.69) is 20.3 Å². The zero-order valence-electron chi connectivity index (χ0n) is 11.3. The number of para-hydroxylation sites is 1. The standard InChI is InChI=1S/C14H10BrFN2O2S2/c1-18-13-11(15)3-2-4-12(13)21-14(18)17-22(19,20)10-7-5-9(16)6-8-10/h2-8H,1H3. The van der Waals surface area contributed by atoms with Gasteiger partial charge in [-0.05, 0) is 52.3 Å². The van der Waals surface area contributed by atoms with Crippen LogP contribution in [0.15, 0.2) is 56.2 Å². The average Bonchev–Trinajstić information content (AvgIpc) is 2.76. The highest BCUT2D eigenvalue weighted by Crippen LogP contribution is 2.25. The zero-order valence-corrected chi connectivity index (χ0v) is 14.5. The molecule has 0 saturated carbocycles. The lowest BCUT2D eigenvalue weighted by Crippen LogP contribution is -2.13. The van der Waals surface area contributed by atoms with E-state index < -0.39 is 15.8 Å². The van der Waals surface area contributed by atoms with Crippen LogP contribution < -0.4 is 4.80 Å². The van der Waals surface area contributed by atoms with Crippen molar-refractivity contribution in [3.05, 3.63) is 57.6 Å². The number of nitrogens with zero attached hydrogens (tertiary/aromatic N) is 2. The number of benzene rings is 2. The van der Waals surface area contributed by atoms with Crippen molar-refractivity contribution >= 4 is 47.5 Å². The van der Waals surface area contributed by atoms with Crippen molar-refractivity contribution in [2.24, 2.45) is 11.4 Å². The van der Waals surface area contributed by atoms with Crippen molar-refractivity contribution in [1.29, 1.82) is 0 Å². The van der Waals surface area contributed by atoms with E-state index >= 15 is 0 Å². The normalized spacial score (nSPS) is 13.0. The third-order valence-electron chi connectivity index (χ3n) is 3.08. The van der Waals surface area contributed by atoms with Gasteiger partial charge in [-0.15, -0.1) is 4.40 Å². The molecule has 0 atom stereocenters. The predicted molar refractivity (Wildman–Crippen MR) is 87.6 cm³/mol. The second kappa shape index (κ2) is 5.60. The third-order valence-corrected chi connectivity index (χ3v) is 6.22. The molecule has 1 aromatic heterocycles. The van der Waals surface area contributed by atoms with Gasteiger partial charge in [0.25, 0.3) is 10.0 Å². The summed E-state index contributed by atoms with van der Waals surface area (Å²) in [7, 11) is -2.13. The SMILES string of the molecule is Cn1c(=NS(=O)(=O)c2ccc(F)cc2)sc2cccc(Br)c21. The van der Waals surface area contributed by atoms with Gasteiger partial charge in [-0.25, -0.2) is 4.39 Å². The summed E-state index contributed by atoms with van der Waals surface area (Å²) in [6.07, 6.45) is 0. The highest BCUT2D eigenvalue weighted by atomic mass is 79.9. The van der Waals surface area contributed by atoms with Crippen LogP contribution in [0.2, 0.25) is 0 Å². The van der Waals surface area contributed by atoms with Gasteiger partial charge < -0.3 is 4.57 Å². The number of rotatable bonds is 2. The second-order valence-electron chi connectivity index (χ2n) is 4.55. The summed E-state index contributed by atoms with van der Waals surface area (Å²) < 4.78 is 44.9. The number of fused-ring (bicyclic) bond motifs is 1. The van der Waals surface area contributed by atoms with E-state index in [4.69, 9.17) is 0 Å². The number of aryl methyl sites for hydroxylation is 1. The van der Waals surface area contributed by atoms with Gasteiger partial charge in [0.05, 0.1) is 15.1 Å². The van der Waals surface area contributed by atoms with Gasteiger partial charge >= 0.3 is 0 Å². The van der Waals surface area contributed by atoms with Crippen molar-refractivity contribution in [1.82, 2.24) is 4.57 Å². The van der Waals surface area contributed by atoms with Gasteiger partial charge in [0.1, 0.15) is 5.82 Å². The molecule has 4 nitrogen and oxygen atoms in total. The van der Waals surface area contributed by atoms with Crippen molar-refractivity contribution < 1.29 is 12.8 Å². The quantitative estimate of drug-likeness (QED) is 0.661. The summed E-state index contributed by atoms with van der Waals surface area (Å²) in [4.78, 5) is 0.316. The fourth-order valence-electron chi connectivity index (χ4n) is 2.01. The zero-order chi connectivity index (χ0) is 15.9. The van der Waals surface area contributed by atoms with Crippen molar-refractivity contribution in [2.45, 2.75) is 4.90 Å². The Bertz CT molecular complexity index is 1020. The van der Waals surface area contributed by atoms with Gasteiger partial charge in [-0.2, -0.15) is 8.42 Å². The Hall–Kier alpha value is -1.51. The first kappa shape index (κ1) is 15.4. The Morgan fingerprint density at radius 3 is 2.50 bits per heavy atom. The van der Waals surface area contributed by atoms with E-state index in [9.17, 15) is 12.8 Å². The molecule has 114 valence electrons. The molecule has 22 heavy (non-hydrogen) atoms. The monoisotopic (exact) mass is 400 g/mol. The number of hydrogen-bond acceptors (Lipinski definition) is 3. The fraction of sp³-hybridized carbons (Fsp3) is 0.0714. The molecule has 0 aliphatic carbocycles. The van der Waals surface area contributed by atoms with Crippen LogP contribution in [0.25, 0.3) is 10.2 Å². The Balaban J connectivity index is 2.22. The molecule has 0 aliphatic heterocycles. The minimum atomic E-state index is -3.88. The number of thiazole rings is 1. The van der Waals surface area contributed by atoms with E-state index in [1.165, 1.54) is 23.5 Å². The van der Waals surface area contributed by atoms with Crippen LogP contribution in [-0.4, -0.2) is 13.0 Å². The molecular weight excluding hydrogens is 391 g/mol. The number of aromatic nitrogens is 1. The summed E-state index contributed by atoms with van der Waals surface area (Å²) in [5.41, 5.74) is 0.876. The molecule has 0 bridgehead atoms. The average molecular weight is 401 g/mol. The highest BCUT2D eigenvalue weighted by Gasteiger charge is 2.14. The first-order chi connectivity index (χ1) is 10.4. The molecule has 0 amide bonds.